The lowest BCUT2D eigenvalue weighted by Crippen LogP contribution is -2.43. The van der Waals surface area contributed by atoms with Crippen LogP contribution >= 0.6 is 0 Å². The molecule has 0 saturated carbocycles. The molecule has 0 aliphatic carbocycles. The van der Waals surface area contributed by atoms with Crippen LogP contribution in [0.2, 0.25) is 0 Å². The van der Waals surface area contributed by atoms with Crippen LogP contribution in [0, 0.1) is 0 Å². The molecular weight excluding hydrogens is 266 g/mol. The van der Waals surface area contributed by atoms with E-state index in [1.54, 1.807) is 7.11 Å². The Bertz CT molecular complexity index is 407. The average Bonchev–Trinajstić information content (AvgIpc) is 2.50. The first-order chi connectivity index (χ1) is 10.2. The van der Waals surface area contributed by atoms with E-state index in [4.69, 9.17) is 9.47 Å². The van der Waals surface area contributed by atoms with E-state index in [9.17, 15) is 5.11 Å². The molecule has 118 valence electrons. The number of hydrogen-bond donors (Lipinski definition) is 1. The van der Waals surface area contributed by atoms with E-state index in [-0.39, 0.29) is 0 Å². The summed E-state index contributed by atoms with van der Waals surface area (Å²) in [6.45, 7) is 4.95. The zero-order valence-electron chi connectivity index (χ0n) is 13.1. The first-order valence-electron chi connectivity index (χ1n) is 7.82. The second kappa shape index (κ2) is 8.37. The normalized spacial score (nSPS) is 21.2. The van der Waals surface area contributed by atoms with Gasteiger partial charge in [0, 0.05) is 12.6 Å². The van der Waals surface area contributed by atoms with Gasteiger partial charge in [0.05, 0.1) is 26.4 Å². The third kappa shape index (κ3) is 5.30. The van der Waals surface area contributed by atoms with Crippen molar-refractivity contribution >= 4 is 0 Å². The molecule has 1 N–H and O–H groups in total. The highest BCUT2D eigenvalue weighted by molar-refractivity contribution is 5.26. The van der Waals surface area contributed by atoms with Crippen molar-refractivity contribution in [2.24, 2.45) is 0 Å². The molecule has 2 unspecified atom stereocenters. The first kappa shape index (κ1) is 16.3. The molecule has 1 fully saturated rings. The third-order valence-electron chi connectivity index (χ3n) is 4.12. The third-order valence-corrected chi connectivity index (χ3v) is 4.12. The standard InChI is InChI=1S/C17H27NO3/c1-14-5-3-4-10-18(14)11-16(19)13-21-12-15-6-8-17(20-2)9-7-15/h6-9,14,16,19H,3-5,10-13H2,1-2H3. The summed E-state index contributed by atoms with van der Waals surface area (Å²) in [6.07, 6.45) is 3.37. The van der Waals surface area contributed by atoms with Crippen LogP contribution in [-0.4, -0.2) is 49.0 Å². The summed E-state index contributed by atoms with van der Waals surface area (Å²) in [5.41, 5.74) is 1.09. The Hall–Kier alpha value is -1.10. The van der Waals surface area contributed by atoms with Gasteiger partial charge in [0.25, 0.3) is 0 Å². The lowest BCUT2D eigenvalue weighted by atomic mass is 10.0. The van der Waals surface area contributed by atoms with Gasteiger partial charge in [-0.25, -0.2) is 0 Å². The van der Waals surface area contributed by atoms with Crippen molar-refractivity contribution < 1.29 is 14.6 Å². The number of ether oxygens (including phenoxy) is 2. The van der Waals surface area contributed by atoms with Crippen molar-refractivity contribution in [2.75, 3.05) is 26.8 Å². The van der Waals surface area contributed by atoms with E-state index >= 15 is 0 Å². The molecule has 1 saturated heterocycles. The van der Waals surface area contributed by atoms with Crippen LogP contribution in [0.5, 0.6) is 5.75 Å². The van der Waals surface area contributed by atoms with Crippen molar-refractivity contribution in [3.05, 3.63) is 29.8 Å². The van der Waals surface area contributed by atoms with Crippen LogP contribution in [0.4, 0.5) is 0 Å². The highest BCUT2D eigenvalue weighted by Crippen LogP contribution is 2.16. The molecule has 1 aromatic rings. The number of β-amino-alcohol motifs (C(OH)–C–C–N with tert-alkyl or cyclic N) is 1. The maximum absolute atomic E-state index is 10.1. The Morgan fingerprint density at radius 3 is 2.71 bits per heavy atom. The highest BCUT2D eigenvalue weighted by Gasteiger charge is 2.20. The quantitative estimate of drug-likeness (QED) is 0.838. The monoisotopic (exact) mass is 293 g/mol. The number of hydrogen-bond acceptors (Lipinski definition) is 4. The minimum atomic E-state index is -0.413. The number of piperidine rings is 1. The fourth-order valence-electron chi connectivity index (χ4n) is 2.79. The molecule has 1 heterocycles. The molecule has 4 nitrogen and oxygen atoms in total. The minimum absolute atomic E-state index is 0.384. The average molecular weight is 293 g/mol. The van der Waals surface area contributed by atoms with Crippen LogP contribution in [0.1, 0.15) is 31.7 Å². The molecule has 1 aliphatic heterocycles. The predicted molar refractivity (Wildman–Crippen MR) is 83.5 cm³/mol. The van der Waals surface area contributed by atoms with Crippen molar-refractivity contribution in [1.29, 1.82) is 0 Å². The van der Waals surface area contributed by atoms with Gasteiger partial charge in [0.2, 0.25) is 0 Å². The van der Waals surface area contributed by atoms with Crippen LogP contribution in [0.25, 0.3) is 0 Å². The number of nitrogens with zero attached hydrogens (tertiary/aromatic N) is 1. The van der Waals surface area contributed by atoms with Gasteiger partial charge in [-0.15, -0.1) is 0 Å². The van der Waals surface area contributed by atoms with E-state index in [0.717, 1.165) is 17.9 Å². The molecule has 1 aliphatic rings. The summed E-state index contributed by atoms with van der Waals surface area (Å²) in [5, 5.41) is 10.1. The van der Waals surface area contributed by atoms with Gasteiger partial charge < -0.3 is 14.6 Å². The Morgan fingerprint density at radius 1 is 1.29 bits per heavy atom. The lowest BCUT2D eigenvalue weighted by molar-refractivity contribution is -0.00139. The van der Waals surface area contributed by atoms with Crippen molar-refractivity contribution in [3.63, 3.8) is 0 Å². The maximum atomic E-state index is 10.1. The molecule has 2 rings (SSSR count). The number of methoxy groups -OCH3 is 1. The molecule has 2 atom stereocenters. The predicted octanol–water partition coefficient (Wildman–Crippen LogP) is 2.45. The molecular formula is C17H27NO3. The van der Waals surface area contributed by atoms with Gasteiger partial charge in [-0.3, -0.25) is 4.90 Å². The van der Waals surface area contributed by atoms with Gasteiger partial charge in [-0.2, -0.15) is 0 Å². The largest absolute Gasteiger partial charge is 0.497 e. The SMILES string of the molecule is COc1ccc(COCC(O)CN2CCCCC2C)cc1. The Balaban J connectivity index is 1.67. The van der Waals surface area contributed by atoms with Gasteiger partial charge in [0.1, 0.15) is 5.75 Å². The van der Waals surface area contributed by atoms with Crippen LogP contribution in [-0.2, 0) is 11.3 Å². The number of rotatable bonds is 7. The van der Waals surface area contributed by atoms with Gasteiger partial charge in [0.15, 0.2) is 0 Å². The molecule has 0 aromatic heterocycles. The minimum Gasteiger partial charge on any atom is -0.497 e. The fourth-order valence-corrected chi connectivity index (χ4v) is 2.79. The molecule has 21 heavy (non-hydrogen) atoms. The molecule has 4 heteroatoms. The smallest absolute Gasteiger partial charge is 0.118 e. The van der Waals surface area contributed by atoms with E-state index in [1.807, 2.05) is 24.3 Å². The highest BCUT2D eigenvalue weighted by atomic mass is 16.5. The summed E-state index contributed by atoms with van der Waals surface area (Å²) < 4.78 is 10.7. The van der Waals surface area contributed by atoms with Crippen molar-refractivity contribution in [3.8, 4) is 5.75 Å². The Morgan fingerprint density at radius 2 is 2.05 bits per heavy atom. The maximum Gasteiger partial charge on any atom is 0.118 e. The molecule has 0 spiro atoms. The Labute approximate surface area is 127 Å². The first-order valence-corrected chi connectivity index (χ1v) is 7.82. The van der Waals surface area contributed by atoms with E-state index in [0.29, 0.717) is 25.8 Å². The fraction of sp³-hybridized carbons (Fsp3) is 0.647. The molecule has 1 aromatic carbocycles. The topological polar surface area (TPSA) is 41.9 Å². The molecule has 0 bridgehead atoms. The summed E-state index contributed by atoms with van der Waals surface area (Å²) in [7, 11) is 1.66. The van der Waals surface area contributed by atoms with Crippen LogP contribution in [0.3, 0.4) is 0 Å². The van der Waals surface area contributed by atoms with Gasteiger partial charge in [-0.1, -0.05) is 18.6 Å². The van der Waals surface area contributed by atoms with Crippen LogP contribution in [0.15, 0.2) is 24.3 Å². The number of aliphatic hydroxyl groups is 1. The summed E-state index contributed by atoms with van der Waals surface area (Å²) in [5.74, 6) is 0.845. The summed E-state index contributed by atoms with van der Waals surface area (Å²) >= 11 is 0. The van der Waals surface area contributed by atoms with Gasteiger partial charge >= 0.3 is 0 Å². The zero-order chi connectivity index (χ0) is 15.1. The molecule has 0 radical (unpaired) electrons. The summed E-state index contributed by atoms with van der Waals surface area (Å²) in [6, 6.07) is 8.39. The zero-order valence-corrected chi connectivity index (χ0v) is 13.1. The second-order valence-corrected chi connectivity index (χ2v) is 5.86. The Kier molecular flexibility index (Phi) is 6.49. The number of benzene rings is 1. The summed E-state index contributed by atoms with van der Waals surface area (Å²) in [4.78, 5) is 2.37. The van der Waals surface area contributed by atoms with Crippen LogP contribution < -0.4 is 4.74 Å². The van der Waals surface area contributed by atoms with E-state index in [2.05, 4.69) is 11.8 Å². The van der Waals surface area contributed by atoms with E-state index in [1.165, 1.54) is 19.3 Å². The van der Waals surface area contributed by atoms with Gasteiger partial charge in [-0.05, 0) is 44.0 Å². The number of likely N-dealkylation sites (tertiary alicyclic amines) is 1. The van der Waals surface area contributed by atoms with Crippen molar-refractivity contribution in [2.45, 2.75) is 44.9 Å². The molecule has 0 amide bonds. The number of aliphatic hydroxyl groups excluding tert-OH is 1. The lowest BCUT2D eigenvalue weighted by Gasteiger charge is -2.34. The van der Waals surface area contributed by atoms with Crippen molar-refractivity contribution in [1.82, 2.24) is 4.90 Å². The van der Waals surface area contributed by atoms with E-state index < -0.39 is 6.10 Å². The second-order valence-electron chi connectivity index (χ2n) is 5.86.